The lowest BCUT2D eigenvalue weighted by Gasteiger charge is -2.00. The Balaban J connectivity index is 2.19. The summed E-state index contributed by atoms with van der Waals surface area (Å²) in [5.41, 5.74) is 6.74. The van der Waals surface area contributed by atoms with Crippen LogP contribution in [0.1, 0.15) is 5.56 Å². The van der Waals surface area contributed by atoms with E-state index in [1.54, 1.807) is 10.9 Å². The summed E-state index contributed by atoms with van der Waals surface area (Å²) in [5.74, 6) is 0.531. The van der Waals surface area contributed by atoms with Gasteiger partial charge in [0, 0.05) is 31.2 Å². The van der Waals surface area contributed by atoms with Crippen molar-refractivity contribution < 1.29 is 0 Å². The first-order chi connectivity index (χ1) is 6.25. The van der Waals surface area contributed by atoms with Crippen molar-refractivity contribution in [2.45, 2.75) is 6.54 Å². The Hall–Kier alpha value is -1.78. The van der Waals surface area contributed by atoms with Gasteiger partial charge in [0.05, 0.1) is 12.7 Å². The quantitative estimate of drug-likeness (QED) is 0.715. The number of hydrogen-bond donors (Lipinski definition) is 1. The zero-order valence-electron chi connectivity index (χ0n) is 7.38. The van der Waals surface area contributed by atoms with Gasteiger partial charge in [-0.2, -0.15) is 5.10 Å². The summed E-state index contributed by atoms with van der Waals surface area (Å²) in [6, 6.07) is 0. The molecule has 0 aliphatic heterocycles. The third kappa shape index (κ3) is 1.53. The number of nitrogens with two attached hydrogens (primary N) is 1. The highest BCUT2D eigenvalue weighted by molar-refractivity contribution is 5.19. The predicted molar refractivity (Wildman–Crippen MR) is 48.9 cm³/mol. The van der Waals surface area contributed by atoms with E-state index in [2.05, 4.69) is 10.1 Å². The van der Waals surface area contributed by atoms with Gasteiger partial charge in [0.1, 0.15) is 0 Å². The van der Waals surface area contributed by atoms with Crippen LogP contribution in [0.5, 0.6) is 0 Å². The number of aromatic nitrogens is 4. The molecular formula is C8H11N5. The van der Waals surface area contributed by atoms with Crippen molar-refractivity contribution in [3.8, 4) is 0 Å². The van der Waals surface area contributed by atoms with E-state index in [-0.39, 0.29) is 0 Å². The monoisotopic (exact) mass is 177 g/mol. The summed E-state index contributed by atoms with van der Waals surface area (Å²) in [4.78, 5) is 3.93. The number of aryl methyl sites for hydroxylation is 1. The van der Waals surface area contributed by atoms with Gasteiger partial charge in [0.25, 0.3) is 0 Å². The summed E-state index contributed by atoms with van der Waals surface area (Å²) < 4.78 is 3.64. The molecule has 0 saturated carbocycles. The third-order valence-electron chi connectivity index (χ3n) is 1.86. The molecule has 0 saturated heterocycles. The lowest BCUT2D eigenvalue weighted by Crippen LogP contribution is -2.02. The van der Waals surface area contributed by atoms with Crippen LogP contribution >= 0.6 is 0 Å². The van der Waals surface area contributed by atoms with Gasteiger partial charge >= 0.3 is 0 Å². The minimum absolute atomic E-state index is 0.531. The van der Waals surface area contributed by atoms with Gasteiger partial charge in [-0.1, -0.05) is 0 Å². The minimum atomic E-state index is 0.531. The van der Waals surface area contributed by atoms with Crippen LogP contribution in [-0.4, -0.2) is 19.3 Å². The van der Waals surface area contributed by atoms with E-state index in [4.69, 9.17) is 5.73 Å². The van der Waals surface area contributed by atoms with Crippen LogP contribution in [0, 0.1) is 0 Å². The van der Waals surface area contributed by atoms with Crippen molar-refractivity contribution >= 4 is 5.95 Å². The Morgan fingerprint density at radius 3 is 2.92 bits per heavy atom. The van der Waals surface area contributed by atoms with Crippen LogP contribution in [0.15, 0.2) is 24.8 Å². The highest BCUT2D eigenvalue weighted by Crippen LogP contribution is 2.04. The largest absolute Gasteiger partial charge is 0.369 e. The van der Waals surface area contributed by atoms with Crippen LogP contribution in [0.2, 0.25) is 0 Å². The molecule has 0 spiro atoms. The summed E-state index contributed by atoms with van der Waals surface area (Å²) in [7, 11) is 1.89. The van der Waals surface area contributed by atoms with Gasteiger partial charge in [0.2, 0.25) is 0 Å². The van der Waals surface area contributed by atoms with Crippen LogP contribution in [-0.2, 0) is 13.6 Å². The predicted octanol–water partition coefficient (Wildman–Crippen LogP) is 0.247. The molecule has 13 heavy (non-hydrogen) atoms. The number of nitrogen functional groups attached to an aromatic ring is 1. The topological polar surface area (TPSA) is 61.7 Å². The van der Waals surface area contributed by atoms with Crippen molar-refractivity contribution in [1.29, 1.82) is 0 Å². The molecule has 0 amide bonds. The van der Waals surface area contributed by atoms with Gasteiger partial charge in [-0.05, 0) is 0 Å². The summed E-state index contributed by atoms with van der Waals surface area (Å²) in [5, 5.41) is 4.07. The number of nitrogens with zero attached hydrogens (tertiary/aromatic N) is 4. The molecule has 0 aromatic carbocycles. The number of rotatable bonds is 2. The number of anilines is 1. The Kier molecular flexibility index (Phi) is 1.77. The van der Waals surface area contributed by atoms with E-state index in [1.165, 1.54) is 0 Å². The van der Waals surface area contributed by atoms with Crippen molar-refractivity contribution in [2.24, 2.45) is 7.05 Å². The zero-order valence-corrected chi connectivity index (χ0v) is 7.38. The van der Waals surface area contributed by atoms with Crippen molar-refractivity contribution in [2.75, 3.05) is 5.73 Å². The van der Waals surface area contributed by atoms with Gasteiger partial charge in [-0.3, -0.25) is 4.68 Å². The summed E-state index contributed by atoms with van der Waals surface area (Å²) >= 11 is 0. The van der Waals surface area contributed by atoms with Gasteiger partial charge in [0.15, 0.2) is 5.95 Å². The number of hydrogen-bond acceptors (Lipinski definition) is 3. The van der Waals surface area contributed by atoms with E-state index in [1.807, 2.05) is 30.2 Å². The minimum Gasteiger partial charge on any atom is -0.369 e. The molecule has 0 unspecified atom stereocenters. The molecule has 0 atom stereocenters. The fourth-order valence-corrected chi connectivity index (χ4v) is 1.22. The standard InChI is InChI=1S/C8H11N5/c1-12-5-7(4-11-12)6-13-3-2-10-8(13)9/h2-5H,6H2,1H3,(H2,9,10). The van der Waals surface area contributed by atoms with Crippen LogP contribution in [0.4, 0.5) is 5.95 Å². The number of imidazole rings is 1. The molecule has 0 aliphatic carbocycles. The Bertz CT molecular complexity index is 400. The van der Waals surface area contributed by atoms with Gasteiger partial charge in [-0.25, -0.2) is 4.98 Å². The molecule has 2 heterocycles. The first-order valence-electron chi connectivity index (χ1n) is 4.00. The maximum atomic E-state index is 5.62. The van der Waals surface area contributed by atoms with E-state index < -0.39 is 0 Å². The van der Waals surface area contributed by atoms with Gasteiger partial charge in [-0.15, -0.1) is 0 Å². The van der Waals surface area contributed by atoms with Crippen LogP contribution in [0.25, 0.3) is 0 Å². The van der Waals surface area contributed by atoms with Crippen LogP contribution < -0.4 is 5.73 Å². The third-order valence-corrected chi connectivity index (χ3v) is 1.86. The Morgan fingerprint density at radius 2 is 2.38 bits per heavy atom. The average molecular weight is 177 g/mol. The first-order valence-corrected chi connectivity index (χ1v) is 4.00. The summed E-state index contributed by atoms with van der Waals surface area (Å²) in [6.45, 7) is 0.722. The van der Waals surface area contributed by atoms with Gasteiger partial charge < -0.3 is 10.3 Å². The van der Waals surface area contributed by atoms with Crippen molar-refractivity contribution in [3.05, 3.63) is 30.4 Å². The van der Waals surface area contributed by atoms with E-state index in [0.717, 1.165) is 12.1 Å². The molecule has 2 rings (SSSR count). The normalized spacial score (nSPS) is 10.5. The maximum absolute atomic E-state index is 5.62. The van der Waals surface area contributed by atoms with E-state index in [9.17, 15) is 0 Å². The SMILES string of the molecule is Cn1cc(Cn2ccnc2N)cn1. The lowest BCUT2D eigenvalue weighted by atomic mass is 10.3. The van der Waals surface area contributed by atoms with E-state index in [0.29, 0.717) is 5.95 Å². The average Bonchev–Trinajstić information content (AvgIpc) is 2.64. The highest BCUT2D eigenvalue weighted by Gasteiger charge is 2.00. The fourth-order valence-electron chi connectivity index (χ4n) is 1.22. The molecule has 0 radical (unpaired) electrons. The van der Waals surface area contributed by atoms with E-state index >= 15 is 0 Å². The molecule has 68 valence electrons. The molecule has 2 aromatic rings. The molecule has 0 fully saturated rings. The molecule has 2 aromatic heterocycles. The Labute approximate surface area is 75.8 Å². The molecule has 5 heteroatoms. The molecule has 2 N–H and O–H groups in total. The van der Waals surface area contributed by atoms with Crippen molar-refractivity contribution in [1.82, 2.24) is 19.3 Å². The molecule has 5 nitrogen and oxygen atoms in total. The maximum Gasteiger partial charge on any atom is 0.200 e. The molecular weight excluding hydrogens is 166 g/mol. The van der Waals surface area contributed by atoms with Crippen molar-refractivity contribution in [3.63, 3.8) is 0 Å². The second-order valence-corrected chi connectivity index (χ2v) is 2.94. The second-order valence-electron chi connectivity index (χ2n) is 2.94. The second kappa shape index (κ2) is 2.93. The summed E-state index contributed by atoms with van der Waals surface area (Å²) in [6.07, 6.45) is 7.31. The highest BCUT2D eigenvalue weighted by atomic mass is 15.2. The smallest absolute Gasteiger partial charge is 0.200 e. The van der Waals surface area contributed by atoms with Crippen LogP contribution in [0.3, 0.4) is 0 Å². The Morgan fingerprint density at radius 1 is 1.54 bits per heavy atom. The lowest BCUT2D eigenvalue weighted by molar-refractivity contribution is 0.763. The fraction of sp³-hybridized carbons (Fsp3) is 0.250. The zero-order chi connectivity index (χ0) is 9.26. The first kappa shape index (κ1) is 7.85. The molecule has 0 aliphatic rings. The molecule has 0 bridgehead atoms.